The Hall–Kier alpha value is -1.71. The van der Waals surface area contributed by atoms with Gasteiger partial charge in [-0.2, -0.15) is 4.31 Å². The molecule has 6 nitrogen and oxygen atoms in total. The predicted molar refractivity (Wildman–Crippen MR) is 107 cm³/mol. The van der Waals surface area contributed by atoms with Crippen LogP contribution in [0.1, 0.15) is 0 Å². The zero-order chi connectivity index (χ0) is 20.3. The first-order valence-corrected chi connectivity index (χ1v) is 10.7. The summed E-state index contributed by atoms with van der Waals surface area (Å²) >= 11 is 11.6. The van der Waals surface area contributed by atoms with Crippen LogP contribution in [-0.4, -0.2) is 56.3 Å². The van der Waals surface area contributed by atoms with Crippen molar-refractivity contribution in [2.75, 3.05) is 38.0 Å². The van der Waals surface area contributed by atoms with Gasteiger partial charge in [0.1, 0.15) is 5.82 Å². The highest BCUT2D eigenvalue weighted by Gasteiger charge is 2.29. The van der Waals surface area contributed by atoms with Gasteiger partial charge in [0.25, 0.3) is 0 Å². The van der Waals surface area contributed by atoms with Gasteiger partial charge in [-0.3, -0.25) is 9.69 Å². The number of nitrogens with zero attached hydrogens (tertiary/aromatic N) is 2. The predicted octanol–water partition coefficient (Wildman–Crippen LogP) is 3.08. The molecule has 0 bridgehead atoms. The van der Waals surface area contributed by atoms with Crippen LogP contribution < -0.4 is 5.32 Å². The Morgan fingerprint density at radius 2 is 1.79 bits per heavy atom. The maximum atomic E-state index is 13.3. The average molecular weight is 446 g/mol. The van der Waals surface area contributed by atoms with Crippen LogP contribution in [0.3, 0.4) is 0 Å². The highest BCUT2D eigenvalue weighted by atomic mass is 35.5. The van der Waals surface area contributed by atoms with Gasteiger partial charge in [-0.1, -0.05) is 29.3 Å². The van der Waals surface area contributed by atoms with Gasteiger partial charge in [-0.25, -0.2) is 12.8 Å². The summed E-state index contributed by atoms with van der Waals surface area (Å²) in [5, 5.41) is 3.05. The van der Waals surface area contributed by atoms with Crippen LogP contribution in [0.15, 0.2) is 47.4 Å². The van der Waals surface area contributed by atoms with Crippen LogP contribution in [0, 0.1) is 5.82 Å². The topological polar surface area (TPSA) is 69.7 Å². The normalized spacial score (nSPS) is 16.1. The number of amides is 1. The Bertz CT molecular complexity index is 980. The van der Waals surface area contributed by atoms with Crippen LogP contribution in [0.4, 0.5) is 10.1 Å². The molecule has 1 heterocycles. The minimum atomic E-state index is -3.77. The molecule has 150 valence electrons. The van der Waals surface area contributed by atoms with E-state index in [1.165, 1.54) is 10.4 Å². The second-order valence-electron chi connectivity index (χ2n) is 6.31. The second-order valence-corrected chi connectivity index (χ2v) is 9.10. The number of halogens is 3. The van der Waals surface area contributed by atoms with Crippen molar-refractivity contribution in [1.82, 2.24) is 9.21 Å². The van der Waals surface area contributed by atoms with Crippen LogP contribution >= 0.6 is 23.2 Å². The third-order valence-corrected chi connectivity index (χ3v) is 6.76. The number of benzene rings is 2. The van der Waals surface area contributed by atoms with E-state index in [4.69, 9.17) is 23.2 Å². The van der Waals surface area contributed by atoms with E-state index in [0.717, 1.165) is 12.1 Å². The Kier molecular flexibility index (Phi) is 6.57. The van der Waals surface area contributed by atoms with Crippen molar-refractivity contribution >= 4 is 44.8 Å². The maximum Gasteiger partial charge on any atom is 0.243 e. The van der Waals surface area contributed by atoms with Gasteiger partial charge in [-0.15, -0.1) is 0 Å². The van der Waals surface area contributed by atoms with Gasteiger partial charge < -0.3 is 5.32 Å². The van der Waals surface area contributed by atoms with Crippen molar-refractivity contribution in [3.63, 3.8) is 0 Å². The highest BCUT2D eigenvalue weighted by molar-refractivity contribution is 7.89. The number of nitrogens with one attached hydrogen (secondary N) is 1. The Morgan fingerprint density at radius 3 is 2.43 bits per heavy atom. The van der Waals surface area contributed by atoms with Crippen molar-refractivity contribution in [1.29, 1.82) is 0 Å². The number of piperazine rings is 1. The van der Waals surface area contributed by atoms with E-state index in [1.807, 2.05) is 4.90 Å². The molecule has 0 aromatic heterocycles. The van der Waals surface area contributed by atoms with Gasteiger partial charge >= 0.3 is 0 Å². The highest BCUT2D eigenvalue weighted by Crippen LogP contribution is 2.23. The van der Waals surface area contributed by atoms with Gasteiger partial charge in [0.05, 0.1) is 16.5 Å². The summed E-state index contributed by atoms with van der Waals surface area (Å²) in [5.41, 5.74) is 0.604. The smallest absolute Gasteiger partial charge is 0.243 e. The summed E-state index contributed by atoms with van der Waals surface area (Å²) in [4.78, 5) is 14.0. The van der Waals surface area contributed by atoms with Crippen LogP contribution in [0.2, 0.25) is 10.0 Å². The van der Waals surface area contributed by atoms with E-state index >= 15 is 0 Å². The SMILES string of the molecule is O=C(CN1CCN(S(=O)(=O)c2ccc(F)c(Cl)c2)CC1)Nc1cccc(Cl)c1. The zero-order valence-corrected chi connectivity index (χ0v) is 17.1. The third-order valence-electron chi connectivity index (χ3n) is 4.34. The lowest BCUT2D eigenvalue weighted by Gasteiger charge is -2.33. The summed E-state index contributed by atoms with van der Waals surface area (Å²) in [5.74, 6) is -0.875. The lowest BCUT2D eigenvalue weighted by molar-refractivity contribution is -0.117. The molecule has 1 amide bonds. The first kappa shape index (κ1) is 21.0. The van der Waals surface area contributed by atoms with Gasteiger partial charge in [0.15, 0.2) is 0 Å². The van der Waals surface area contributed by atoms with E-state index in [2.05, 4.69) is 5.32 Å². The fourth-order valence-corrected chi connectivity index (χ4v) is 4.77. The molecule has 1 aliphatic rings. The monoisotopic (exact) mass is 445 g/mol. The Labute approximate surface area is 172 Å². The fraction of sp³-hybridized carbons (Fsp3) is 0.278. The summed E-state index contributed by atoms with van der Waals surface area (Å²) in [6.45, 7) is 1.39. The van der Waals surface area contributed by atoms with E-state index in [1.54, 1.807) is 24.3 Å². The number of carbonyl (C=O) groups excluding carboxylic acids is 1. The first-order valence-electron chi connectivity index (χ1n) is 8.49. The molecule has 0 saturated carbocycles. The number of carbonyl (C=O) groups is 1. The molecular weight excluding hydrogens is 428 g/mol. The molecule has 0 atom stereocenters. The van der Waals surface area contributed by atoms with Crippen LogP contribution in [0.25, 0.3) is 0 Å². The average Bonchev–Trinajstić information content (AvgIpc) is 2.64. The zero-order valence-electron chi connectivity index (χ0n) is 14.7. The minimum absolute atomic E-state index is 0.0500. The summed E-state index contributed by atoms with van der Waals surface area (Å²) in [6, 6.07) is 10.2. The molecule has 28 heavy (non-hydrogen) atoms. The molecule has 1 saturated heterocycles. The standard InChI is InChI=1S/C18H18Cl2FN3O3S/c19-13-2-1-3-14(10-13)22-18(25)12-23-6-8-24(9-7-23)28(26,27)15-4-5-17(21)16(20)11-15/h1-5,10-11H,6-9,12H2,(H,22,25). The molecule has 0 aliphatic carbocycles. The van der Waals surface area contributed by atoms with Crippen molar-refractivity contribution in [3.05, 3.63) is 58.3 Å². The summed E-state index contributed by atoms with van der Waals surface area (Å²) in [7, 11) is -3.77. The molecule has 0 radical (unpaired) electrons. The molecule has 0 unspecified atom stereocenters. The molecule has 3 rings (SSSR count). The number of hydrogen-bond donors (Lipinski definition) is 1. The maximum absolute atomic E-state index is 13.3. The molecule has 2 aromatic rings. The Balaban J connectivity index is 1.56. The van der Waals surface area contributed by atoms with E-state index in [9.17, 15) is 17.6 Å². The second kappa shape index (κ2) is 8.75. The van der Waals surface area contributed by atoms with Gasteiger partial charge in [-0.05, 0) is 36.4 Å². The van der Waals surface area contributed by atoms with Crippen molar-refractivity contribution in [3.8, 4) is 0 Å². The van der Waals surface area contributed by atoms with Gasteiger partial charge in [0.2, 0.25) is 15.9 Å². The number of anilines is 1. The van der Waals surface area contributed by atoms with Crippen molar-refractivity contribution < 1.29 is 17.6 Å². The lowest BCUT2D eigenvalue weighted by Crippen LogP contribution is -2.50. The van der Waals surface area contributed by atoms with Gasteiger partial charge in [0, 0.05) is 36.9 Å². The number of sulfonamides is 1. The van der Waals surface area contributed by atoms with E-state index < -0.39 is 15.8 Å². The first-order chi connectivity index (χ1) is 13.3. The molecule has 10 heteroatoms. The number of hydrogen-bond acceptors (Lipinski definition) is 4. The Morgan fingerprint density at radius 1 is 1.07 bits per heavy atom. The molecule has 0 spiro atoms. The molecule has 2 aromatic carbocycles. The van der Waals surface area contributed by atoms with Crippen LogP contribution in [-0.2, 0) is 14.8 Å². The van der Waals surface area contributed by atoms with Crippen molar-refractivity contribution in [2.24, 2.45) is 0 Å². The molecule has 1 N–H and O–H groups in total. The quantitative estimate of drug-likeness (QED) is 0.767. The third kappa shape index (κ3) is 5.01. The summed E-state index contributed by atoms with van der Waals surface area (Å²) in [6.07, 6.45) is 0. The fourth-order valence-electron chi connectivity index (χ4n) is 2.88. The molecule has 1 fully saturated rings. The summed E-state index contributed by atoms with van der Waals surface area (Å²) < 4.78 is 40.0. The lowest BCUT2D eigenvalue weighted by atomic mass is 10.3. The van der Waals surface area contributed by atoms with Crippen LogP contribution in [0.5, 0.6) is 0 Å². The largest absolute Gasteiger partial charge is 0.325 e. The van der Waals surface area contributed by atoms with E-state index in [-0.39, 0.29) is 35.5 Å². The van der Waals surface area contributed by atoms with Crippen molar-refractivity contribution in [2.45, 2.75) is 4.90 Å². The molecular formula is C18H18Cl2FN3O3S. The minimum Gasteiger partial charge on any atom is -0.325 e. The molecule has 1 aliphatic heterocycles. The number of rotatable bonds is 5. The van der Waals surface area contributed by atoms with E-state index in [0.29, 0.717) is 23.8 Å².